The van der Waals surface area contributed by atoms with E-state index < -0.39 is 23.5 Å². The van der Waals surface area contributed by atoms with Crippen LogP contribution in [-0.2, 0) is 4.74 Å². The van der Waals surface area contributed by atoms with Crippen LogP contribution in [0.5, 0.6) is 0 Å². The Kier molecular flexibility index (Phi) is 3.78. The molecule has 0 saturated heterocycles. The molecule has 2 aromatic carbocycles. The van der Waals surface area contributed by atoms with Crippen molar-refractivity contribution in [3.63, 3.8) is 0 Å². The maximum absolute atomic E-state index is 13.4. The number of anilines is 2. The fourth-order valence-corrected chi connectivity index (χ4v) is 3.74. The molecule has 0 saturated carbocycles. The summed E-state index contributed by atoms with van der Waals surface area (Å²) < 4.78 is 4.82. The van der Waals surface area contributed by atoms with Gasteiger partial charge in [-0.05, 0) is 31.2 Å². The van der Waals surface area contributed by atoms with Crippen LogP contribution in [0.1, 0.15) is 32.7 Å². The fourth-order valence-electron chi connectivity index (χ4n) is 3.74. The van der Waals surface area contributed by atoms with Crippen LogP contribution in [0, 0.1) is 6.92 Å². The summed E-state index contributed by atoms with van der Waals surface area (Å²) >= 11 is 0. The standard InChI is InChI=1S/C20H18N2O5/c1-12-7-8-16-14(11-12)17(23)20(26)9-10-21(19(25)27-2)15-6-4-3-5-13(15)18(24)22(16)20/h3-8,11,26H,9-10H2,1-2H3/t20-/m1/s1. The van der Waals surface area contributed by atoms with Crippen LogP contribution in [0.3, 0.4) is 0 Å². The number of rotatable bonds is 0. The van der Waals surface area contributed by atoms with Crippen molar-refractivity contribution in [3.8, 4) is 0 Å². The Morgan fingerprint density at radius 3 is 2.59 bits per heavy atom. The average Bonchev–Trinajstić information content (AvgIpc) is 2.88. The van der Waals surface area contributed by atoms with E-state index in [1.54, 1.807) is 42.5 Å². The molecule has 27 heavy (non-hydrogen) atoms. The van der Waals surface area contributed by atoms with Crippen LogP contribution in [-0.4, -0.2) is 42.3 Å². The van der Waals surface area contributed by atoms with E-state index in [1.165, 1.54) is 12.0 Å². The summed E-state index contributed by atoms with van der Waals surface area (Å²) in [6, 6.07) is 11.7. The molecule has 4 rings (SSSR count). The highest BCUT2D eigenvalue weighted by molar-refractivity contribution is 6.24. The number of nitrogens with zero attached hydrogens (tertiary/aromatic N) is 2. The lowest BCUT2D eigenvalue weighted by Crippen LogP contribution is -2.56. The zero-order chi connectivity index (χ0) is 19.3. The smallest absolute Gasteiger partial charge is 0.414 e. The first-order valence-electron chi connectivity index (χ1n) is 8.55. The van der Waals surface area contributed by atoms with E-state index in [1.807, 2.05) is 6.92 Å². The minimum absolute atomic E-state index is 0.0165. The summed E-state index contributed by atoms with van der Waals surface area (Å²) in [7, 11) is 1.24. The van der Waals surface area contributed by atoms with E-state index in [4.69, 9.17) is 4.74 Å². The molecule has 1 N–H and O–H groups in total. The maximum Gasteiger partial charge on any atom is 0.414 e. The summed E-state index contributed by atoms with van der Waals surface area (Å²) in [5.74, 6) is -1.09. The number of hydrogen-bond donors (Lipinski definition) is 1. The van der Waals surface area contributed by atoms with Crippen LogP contribution in [0.15, 0.2) is 42.5 Å². The van der Waals surface area contributed by atoms with Gasteiger partial charge in [-0.1, -0.05) is 23.8 Å². The van der Waals surface area contributed by atoms with Gasteiger partial charge in [-0.25, -0.2) is 4.79 Å². The number of amides is 2. The molecule has 0 fully saturated rings. The number of methoxy groups -OCH3 is 1. The molecule has 7 heteroatoms. The van der Waals surface area contributed by atoms with E-state index in [0.29, 0.717) is 16.9 Å². The Morgan fingerprint density at radius 2 is 1.85 bits per heavy atom. The number of aryl methyl sites for hydroxylation is 1. The molecule has 1 atom stereocenters. The van der Waals surface area contributed by atoms with Gasteiger partial charge in [-0.3, -0.25) is 19.4 Å². The number of hydrogen-bond acceptors (Lipinski definition) is 5. The number of carbonyl (C=O) groups excluding carboxylic acids is 3. The highest BCUT2D eigenvalue weighted by atomic mass is 16.5. The molecule has 0 aliphatic carbocycles. The normalized spacial score (nSPS) is 21.1. The predicted octanol–water partition coefficient (Wildman–Crippen LogP) is 2.50. The zero-order valence-corrected chi connectivity index (χ0v) is 14.9. The van der Waals surface area contributed by atoms with Crippen LogP contribution in [0.2, 0.25) is 0 Å². The van der Waals surface area contributed by atoms with Crippen molar-refractivity contribution in [1.29, 1.82) is 0 Å². The minimum Gasteiger partial charge on any atom is -0.452 e. The van der Waals surface area contributed by atoms with Crippen molar-refractivity contribution in [3.05, 3.63) is 59.2 Å². The molecule has 0 unspecified atom stereocenters. The van der Waals surface area contributed by atoms with Crippen molar-refractivity contribution in [1.82, 2.24) is 0 Å². The number of benzene rings is 2. The van der Waals surface area contributed by atoms with Crippen LogP contribution in [0.4, 0.5) is 16.2 Å². The summed E-state index contributed by atoms with van der Waals surface area (Å²) in [4.78, 5) is 41.0. The SMILES string of the molecule is COC(=O)N1CC[C@@]2(O)C(=O)c3cc(C)ccc3N2C(=O)c2ccccc21. The number of ketones is 1. The van der Waals surface area contributed by atoms with Gasteiger partial charge in [0, 0.05) is 18.5 Å². The highest BCUT2D eigenvalue weighted by Gasteiger charge is 2.54. The molecule has 0 radical (unpaired) electrons. The van der Waals surface area contributed by atoms with Gasteiger partial charge in [0.05, 0.1) is 24.0 Å². The van der Waals surface area contributed by atoms with Crippen LogP contribution < -0.4 is 9.80 Å². The third-order valence-corrected chi connectivity index (χ3v) is 5.08. The summed E-state index contributed by atoms with van der Waals surface area (Å²) in [6.45, 7) is 1.85. The third-order valence-electron chi connectivity index (χ3n) is 5.08. The van der Waals surface area contributed by atoms with Gasteiger partial charge in [0.15, 0.2) is 0 Å². The number of fused-ring (bicyclic) bond motifs is 4. The first kappa shape index (κ1) is 17.2. The molecular formula is C20H18N2O5. The molecule has 0 aromatic heterocycles. The first-order valence-corrected chi connectivity index (χ1v) is 8.55. The van der Waals surface area contributed by atoms with E-state index in [9.17, 15) is 19.5 Å². The third kappa shape index (κ3) is 2.35. The Hall–Kier alpha value is -3.19. The Bertz CT molecular complexity index is 986. The lowest BCUT2D eigenvalue weighted by atomic mass is 9.98. The molecule has 7 nitrogen and oxygen atoms in total. The zero-order valence-electron chi connectivity index (χ0n) is 14.9. The monoisotopic (exact) mass is 366 g/mol. The Balaban J connectivity index is 1.93. The van der Waals surface area contributed by atoms with Crippen molar-refractivity contribution < 1.29 is 24.2 Å². The van der Waals surface area contributed by atoms with Crippen molar-refractivity contribution in [2.24, 2.45) is 0 Å². The number of para-hydroxylation sites is 1. The van der Waals surface area contributed by atoms with E-state index in [-0.39, 0.29) is 18.5 Å². The van der Waals surface area contributed by atoms with Crippen molar-refractivity contribution in [2.45, 2.75) is 19.1 Å². The summed E-state index contributed by atoms with van der Waals surface area (Å²) in [5.41, 5.74) is 0.0682. The molecule has 2 aliphatic rings. The Morgan fingerprint density at radius 1 is 1.11 bits per heavy atom. The van der Waals surface area contributed by atoms with E-state index >= 15 is 0 Å². The quantitative estimate of drug-likeness (QED) is 0.774. The highest BCUT2D eigenvalue weighted by Crippen LogP contribution is 2.43. The van der Waals surface area contributed by atoms with Crippen LogP contribution in [0.25, 0.3) is 0 Å². The molecule has 2 amide bonds. The van der Waals surface area contributed by atoms with Crippen molar-refractivity contribution in [2.75, 3.05) is 23.5 Å². The largest absolute Gasteiger partial charge is 0.452 e. The van der Waals surface area contributed by atoms with E-state index in [0.717, 1.165) is 10.5 Å². The van der Waals surface area contributed by atoms with Gasteiger partial charge in [-0.2, -0.15) is 0 Å². The van der Waals surface area contributed by atoms with Crippen molar-refractivity contribution >= 4 is 29.2 Å². The second kappa shape index (κ2) is 5.92. The number of carbonyl (C=O) groups is 3. The molecule has 2 aromatic rings. The minimum atomic E-state index is -2.05. The number of ether oxygens (including phenoxy) is 1. The van der Waals surface area contributed by atoms with Gasteiger partial charge < -0.3 is 9.84 Å². The molecule has 0 spiro atoms. The second-order valence-electron chi connectivity index (χ2n) is 6.70. The van der Waals surface area contributed by atoms with Gasteiger partial charge in [0.25, 0.3) is 5.91 Å². The lowest BCUT2D eigenvalue weighted by molar-refractivity contribution is 0.0291. The fraction of sp³-hybridized carbons (Fsp3) is 0.250. The van der Waals surface area contributed by atoms with Gasteiger partial charge >= 0.3 is 6.09 Å². The molecule has 2 aliphatic heterocycles. The molecular weight excluding hydrogens is 348 g/mol. The van der Waals surface area contributed by atoms with Gasteiger partial charge in [0.1, 0.15) is 0 Å². The van der Waals surface area contributed by atoms with E-state index in [2.05, 4.69) is 0 Å². The maximum atomic E-state index is 13.4. The topological polar surface area (TPSA) is 87.2 Å². The average molecular weight is 366 g/mol. The predicted molar refractivity (Wildman–Crippen MR) is 98.1 cm³/mol. The second-order valence-corrected chi connectivity index (χ2v) is 6.70. The Labute approximate surface area is 155 Å². The summed E-state index contributed by atoms with van der Waals surface area (Å²) in [6.07, 6.45) is -0.791. The lowest BCUT2D eigenvalue weighted by Gasteiger charge is -2.37. The van der Waals surface area contributed by atoms with Gasteiger partial charge in [0.2, 0.25) is 11.5 Å². The van der Waals surface area contributed by atoms with Crippen LogP contribution >= 0.6 is 0 Å². The molecule has 2 heterocycles. The first-order chi connectivity index (χ1) is 12.9. The number of aliphatic hydroxyl groups is 1. The number of Topliss-reactive ketones (excluding diaryl/α,β-unsaturated/α-hetero) is 1. The molecule has 138 valence electrons. The molecule has 0 bridgehead atoms. The summed E-state index contributed by atoms with van der Waals surface area (Å²) in [5, 5.41) is 11.2. The van der Waals surface area contributed by atoms with Gasteiger partial charge in [-0.15, -0.1) is 0 Å².